The van der Waals surface area contributed by atoms with Crippen LogP contribution in [0.2, 0.25) is 0 Å². The lowest BCUT2D eigenvalue weighted by atomic mass is 9.86. The van der Waals surface area contributed by atoms with Crippen molar-refractivity contribution in [1.29, 1.82) is 0 Å². The summed E-state index contributed by atoms with van der Waals surface area (Å²) in [6.07, 6.45) is -4.19. The van der Waals surface area contributed by atoms with Crippen LogP contribution >= 0.6 is 0 Å². The van der Waals surface area contributed by atoms with E-state index in [1.54, 1.807) is 30.3 Å². The Balaban J connectivity index is 1.96. The zero-order valence-corrected chi connectivity index (χ0v) is 12.4. The number of halogens is 3. The number of carbonyl (C=O) groups excluding carboxylic acids is 1. The Hall–Kier alpha value is -2.64. The molecule has 24 heavy (non-hydrogen) atoms. The molecule has 1 aromatic carbocycles. The van der Waals surface area contributed by atoms with Crippen molar-refractivity contribution in [3.63, 3.8) is 0 Å². The smallest absolute Gasteiger partial charge is 0.406 e. The number of hydrogen-bond donors (Lipinski definition) is 1. The van der Waals surface area contributed by atoms with Crippen LogP contribution in [0.4, 0.5) is 13.2 Å². The first-order valence-corrected chi connectivity index (χ1v) is 7.19. The van der Waals surface area contributed by atoms with Gasteiger partial charge in [0.15, 0.2) is 5.41 Å². The maximum atomic E-state index is 13.2. The van der Waals surface area contributed by atoms with Gasteiger partial charge in [0, 0.05) is 24.7 Å². The lowest BCUT2D eigenvalue weighted by molar-refractivity contribution is -0.227. The van der Waals surface area contributed by atoms with Gasteiger partial charge in [-0.1, -0.05) is 24.3 Å². The molecule has 126 valence electrons. The predicted molar refractivity (Wildman–Crippen MR) is 78.4 cm³/mol. The van der Waals surface area contributed by atoms with E-state index in [-0.39, 0.29) is 12.2 Å². The number of aromatic nitrogens is 1. The minimum Gasteiger partial charge on any atom is -0.481 e. The van der Waals surface area contributed by atoms with E-state index >= 15 is 0 Å². The molecule has 1 aliphatic heterocycles. The average molecular weight is 338 g/mol. The third-order valence-corrected chi connectivity index (χ3v) is 4.38. The molecular weight excluding hydrogens is 325 g/mol. The molecule has 2 heterocycles. The number of amides is 1. The largest absolute Gasteiger partial charge is 0.481 e. The van der Waals surface area contributed by atoms with Crippen LogP contribution in [0.25, 0.3) is 10.8 Å². The van der Waals surface area contributed by atoms with Crippen molar-refractivity contribution in [2.75, 3.05) is 13.1 Å². The SMILES string of the molecule is O=C(c1nccc2ccccc12)N1CC[C@@](C(=O)O)(C(F)(F)F)C1. The van der Waals surface area contributed by atoms with Crippen LogP contribution in [0.1, 0.15) is 16.9 Å². The second-order valence-corrected chi connectivity index (χ2v) is 5.74. The number of alkyl halides is 3. The second kappa shape index (κ2) is 5.47. The van der Waals surface area contributed by atoms with Crippen LogP contribution in [0.5, 0.6) is 0 Å². The predicted octanol–water partition coefficient (Wildman–Crippen LogP) is 2.71. The first-order chi connectivity index (χ1) is 11.3. The first kappa shape index (κ1) is 16.2. The highest BCUT2D eigenvalue weighted by molar-refractivity contribution is 6.05. The van der Waals surface area contributed by atoms with E-state index in [0.29, 0.717) is 5.39 Å². The van der Waals surface area contributed by atoms with Gasteiger partial charge in [-0.25, -0.2) is 0 Å². The number of rotatable bonds is 2. The lowest BCUT2D eigenvalue weighted by Crippen LogP contribution is -2.47. The summed E-state index contributed by atoms with van der Waals surface area (Å²) in [5.41, 5.74) is -2.90. The molecule has 0 radical (unpaired) electrons. The summed E-state index contributed by atoms with van der Waals surface area (Å²) < 4.78 is 39.7. The summed E-state index contributed by atoms with van der Waals surface area (Å²) >= 11 is 0. The van der Waals surface area contributed by atoms with Crippen molar-refractivity contribution in [2.24, 2.45) is 5.41 Å². The molecule has 1 N–H and O–H groups in total. The van der Waals surface area contributed by atoms with Gasteiger partial charge >= 0.3 is 12.1 Å². The van der Waals surface area contributed by atoms with Gasteiger partial charge in [0.1, 0.15) is 5.69 Å². The third-order valence-electron chi connectivity index (χ3n) is 4.38. The number of hydrogen-bond acceptors (Lipinski definition) is 3. The molecule has 0 bridgehead atoms. The number of carbonyl (C=O) groups is 2. The molecule has 1 amide bonds. The topological polar surface area (TPSA) is 70.5 Å². The standard InChI is InChI=1S/C16H13F3N2O3/c17-16(18,19)15(14(23)24)6-8-21(9-15)13(22)12-11-4-2-1-3-10(11)5-7-20-12/h1-5,7H,6,8-9H2,(H,23,24)/t15-/m1/s1. The average Bonchev–Trinajstić information content (AvgIpc) is 3.00. The maximum Gasteiger partial charge on any atom is 0.406 e. The molecule has 0 spiro atoms. The molecule has 0 saturated carbocycles. The molecule has 5 nitrogen and oxygen atoms in total. The quantitative estimate of drug-likeness (QED) is 0.914. The van der Waals surface area contributed by atoms with Gasteiger partial charge in [-0.05, 0) is 17.9 Å². The zero-order chi connectivity index (χ0) is 17.5. The molecule has 2 aromatic rings. The second-order valence-electron chi connectivity index (χ2n) is 5.74. The van der Waals surface area contributed by atoms with Crippen LogP contribution in [-0.4, -0.2) is 46.1 Å². The molecule has 3 rings (SSSR count). The number of carboxylic acids is 1. The molecule has 1 aliphatic rings. The van der Waals surface area contributed by atoms with Gasteiger partial charge in [0.2, 0.25) is 0 Å². The van der Waals surface area contributed by atoms with Crippen LogP contribution in [0.3, 0.4) is 0 Å². The minimum atomic E-state index is -4.93. The van der Waals surface area contributed by atoms with Crippen molar-refractivity contribution in [1.82, 2.24) is 9.88 Å². The number of fused-ring (bicyclic) bond motifs is 1. The molecule has 8 heteroatoms. The summed E-state index contributed by atoms with van der Waals surface area (Å²) in [6, 6.07) is 8.57. The van der Waals surface area contributed by atoms with Gasteiger partial charge in [0.05, 0.1) is 0 Å². The summed E-state index contributed by atoms with van der Waals surface area (Å²) in [5.74, 6) is -2.66. The Kier molecular flexibility index (Phi) is 3.70. The fraction of sp³-hybridized carbons (Fsp3) is 0.312. The molecule has 0 aliphatic carbocycles. The van der Waals surface area contributed by atoms with E-state index in [4.69, 9.17) is 5.11 Å². The number of carboxylic acid groups (broad SMARTS) is 1. The van der Waals surface area contributed by atoms with Crippen molar-refractivity contribution >= 4 is 22.6 Å². The summed E-state index contributed by atoms with van der Waals surface area (Å²) in [7, 11) is 0. The normalized spacial score (nSPS) is 21.2. The zero-order valence-electron chi connectivity index (χ0n) is 12.4. The monoisotopic (exact) mass is 338 g/mol. The van der Waals surface area contributed by atoms with Gasteiger partial charge < -0.3 is 10.0 Å². The molecule has 1 aromatic heterocycles. The Morgan fingerprint density at radius 3 is 2.54 bits per heavy atom. The molecule has 1 saturated heterocycles. The van der Waals surface area contributed by atoms with Gasteiger partial charge in [0.25, 0.3) is 5.91 Å². The first-order valence-electron chi connectivity index (χ1n) is 7.19. The van der Waals surface area contributed by atoms with Gasteiger partial charge in [-0.2, -0.15) is 13.2 Å². The van der Waals surface area contributed by atoms with E-state index in [0.717, 1.165) is 10.3 Å². The highest BCUT2D eigenvalue weighted by Crippen LogP contribution is 2.46. The van der Waals surface area contributed by atoms with E-state index in [1.807, 2.05) is 0 Å². The van der Waals surface area contributed by atoms with E-state index in [2.05, 4.69) is 4.98 Å². The maximum absolute atomic E-state index is 13.2. The van der Waals surface area contributed by atoms with E-state index < -0.39 is 36.4 Å². The highest BCUT2D eigenvalue weighted by Gasteiger charge is 2.64. The number of likely N-dealkylation sites (tertiary alicyclic amines) is 1. The van der Waals surface area contributed by atoms with Crippen molar-refractivity contribution in [3.05, 3.63) is 42.2 Å². The summed E-state index contributed by atoms with van der Waals surface area (Å²) in [5, 5.41) is 10.3. The number of aliphatic carboxylic acids is 1. The van der Waals surface area contributed by atoms with Crippen LogP contribution in [-0.2, 0) is 4.79 Å². The fourth-order valence-corrected chi connectivity index (χ4v) is 2.95. The summed E-state index contributed by atoms with van der Waals surface area (Å²) in [4.78, 5) is 28.7. The highest BCUT2D eigenvalue weighted by atomic mass is 19.4. The third kappa shape index (κ3) is 2.38. The van der Waals surface area contributed by atoms with Crippen molar-refractivity contribution < 1.29 is 27.9 Å². The molecule has 1 fully saturated rings. The van der Waals surface area contributed by atoms with Crippen LogP contribution in [0.15, 0.2) is 36.5 Å². The fourth-order valence-electron chi connectivity index (χ4n) is 2.95. The molecule has 1 atom stereocenters. The molecule has 0 unspecified atom stereocenters. The van der Waals surface area contributed by atoms with E-state index in [1.165, 1.54) is 6.20 Å². The lowest BCUT2D eigenvalue weighted by Gasteiger charge is -2.27. The van der Waals surface area contributed by atoms with Gasteiger partial charge in [-0.3, -0.25) is 14.6 Å². The number of nitrogens with zero attached hydrogens (tertiary/aromatic N) is 2. The van der Waals surface area contributed by atoms with Crippen molar-refractivity contribution in [3.8, 4) is 0 Å². The Morgan fingerprint density at radius 2 is 1.92 bits per heavy atom. The Morgan fingerprint density at radius 1 is 1.21 bits per heavy atom. The summed E-state index contributed by atoms with van der Waals surface area (Å²) in [6.45, 7) is -1.19. The van der Waals surface area contributed by atoms with Crippen molar-refractivity contribution in [2.45, 2.75) is 12.6 Å². The number of pyridine rings is 1. The Labute approximate surface area is 134 Å². The van der Waals surface area contributed by atoms with Crippen LogP contribution < -0.4 is 0 Å². The molecular formula is C16H13F3N2O3. The van der Waals surface area contributed by atoms with E-state index in [9.17, 15) is 22.8 Å². The Bertz CT molecular complexity index is 816. The van der Waals surface area contributed by atoms with Gasteiger partial charge in [-0.15, -0.1) is 0 Å². The van der Waals surface area contributed by atoms with Crippen LogP contribution in [0, 0.1) is 5.41 Å². The minimum absolute atomic E-state index is 0.0245. The number of benzene rings is 1.